The predicted octanol–water partition coefficient (Wildman–Crippen LogP) is 4.54. The van der Waals surface area contributed by atoms with Crippen LogP contribution in [0.2, 0.25) is 5.02 Å². The Labute approximate surface area is 158 Å². The molecule has 1 unspecified atom stereocenters. The van der Waals surface area contributed by atoms with Crippen molar-refractivity contribution in [2.45, 2.75) is 12.5 Å². The molecule has 0 aliphatic carbocycles. The maximum absolute atomic E-state index is 6.22. The maximum Gasteiger partial charge on any atom is 0.160 e. The quantitative estimate of drug-likeness (QED) is 0.662. The van der Waals surface area contributed by atoms with Gasteiger partial charge in [0.2, 0.25) is 0 Å². The molecule has 0 saturated carbocycles. The lowest BCUT2D eigenvalue weighted by atomic mass is 9.98. The molecular formula is C20H20ClN3O2. The summed E-state index contributed by atoms with van der Waals surface area (Å²) < 4.78 is 10.7. The molecule has 2 aromatic carbocycles. The molecule has 0 radical (unpaired) electrons. The third-order valence-corrected chi connectivity index (χ3v) is 4.34. The molecule has 0 saturated heterocycles. The summed E-state index contributed by atoms with van der Waals surface area (Å²) in [5.74, 6) is 2.02. The Balaban J connectivity index is 1.90. The highest BCUT2D eigenvalue weighted by molar-refractivity contribution is 6.32. The zero-order chi connectivity index (χ0) is 18.4. The van der Waals surface area contributed by atoms with Crippen LogP contribution in [-0.2, 0) is 6.42 Å². The van der Waals surface area contributed by atoms with E-state index in [0.29, 0.717) is 22.3 Å². The Morgan fingerprint density at radius 2 is 1.81 bits per heavy atom. The monoisotopic (exact) mass is 369 g/mol. The van der Waals surface area contributed by atoms with E-state index in [1.54, 1.807) is 20.4 Å². The van der Waals surface area contributed by atoms with Crippen molar-refractivity contribution >= 4 is 17.4 Å². The molecule has 1 aromatic heterocycles. The van der Waals surface area contributed by atoms with E-state index >= 15 is 0 Å². The lowest BCUT2D eigenvalue weighted by Gasteiger charge is -2.21. The molecule has 0 fully saturated rings. The van der Waals surface area contributed by atoms with Crippen LogP contribution < -0.4 is 14.8 Å². The minimum Gasteiger partial charge on any atom is -0.493 e. The first-order valence-corrected chi connectivity index (χ1v) is 8.57. The van der Waals surface area contributed by atoms with Gasteiger partial charge in [0.1, 0.15) is 17.2 Å². The van der Waals surface area contributed by atoms with Gasteiger partial charge < -0.3 is 14.8 Å². The van der Waals surface area contributed by atoms with Crippen LogP contribution in [0.1, 0.15) is 17.2 Å². The molecule has 1 N–H and O–H groups in total. The van der Waals surface area contributed by atoms with Crippen molar-refractivity contribution in [2.75, 3.05) is 19.5 Å². The van der Waals surface area contributed by atoms with Gasteiger partial charge in [-0.1, -0.05) is 48.0 Å². The van der Waals surface area contributed by atoms with Crippen molar-refractivity contribution in [3.63, 3.8) is 0 Å². The van der Waals surface area contributed by atoms with E-state index in [9.17, 15) is 0 Å². The third kappa shape index (κ3) is 4.24. The number of halogens is 1. The molecule has 5 nitrogen and oxygen atoms in total. The number of methoxy groups -OCH3 is 2. The van der Waals surface area contributed by atoms with Gasteiger partial charge in [0.05, 0.1) is 26.5 Å². The first-order valence-electron chi connectivity index (χ1n) is 8.19. The van der Waals surface area contributed by atoms with Gasteiger partial charge in [-0.05, 0) is 29.7 Å². The van der Waals surface area contributed by atoms with Crippen LogP contribution in [0.5, 0.6) is 11.5 Å². The summed E-state index contributed by atoms with van der Waals surface area (Å²) in [5, 5.41) is 3.91. The number of nitrogens with zero attached hydrogens (tertiary/aromatic N) is 2. The fraction of sp³-hybridized carbons (Fsp3) is 0.200. The summed E-state index contributed by atoms with van der Waals surface area (Å²) in [6.07, 6.45) is 3.78. The fourth-order valence-electron chi connectivity index (χ4n) is 2.76. The van der Waals surface area contributed by atoms with Crippen LogP contribution >= 0.6 is 11.6 Å². The molecule has 0 amide bonds. The van der Waals surface area contributed by atoms with Crippen molar-refractivity contribution < 1.29 is 9.47 Å². The Bertz CT molecular complexity index is 859. The Hall–Kier alpha value is -2.79. The van der Waals surface area contributed by atoms with Gasteiger partial charge in [-0.3, -0.25) is 0 Å². The van der Waals surface area contributed by atoms with Crippen LogP contribution in [0.15, 0.2) is 61.1 Å². The summed E-state index contributed by atoms with van der Waals surface area (Å²) >= 11 is 6.22. The van der Waals surface area contributed by atoms with Crippen molar-refractivity contribution in [3.8, 4) is 11.5 Å². The zero-order valence-corrected chi connectivity index (χ0v) is 15.4. The largest absolute Gasteiger partial charge is 0.493 e. The lowest BCUT2D eigenvalue weighted by molar-refractivity contribution is 0.354. The smallest absolute Gasteiger partial charge is 0.160 e. The SMILES string of the molecule is COc1ccc(CC(Nc2ncncc2Cl)c2ccccc2)cc1OC. The second-order valence-electron chi connectivity index (χ2n) is 5.72. The number of benzene rings is 2. The molecule has 0 spiro atoms. The van der Waals surface area contributed by atoms with Crippen molar-refractivity contribution in [2.24, 2.45) is 0 Å². The lowest BCUT2D eigenvalue weighted by Crippen LogP contribution is -2.15. The average Bonchev–Trinajstić information content (AvgIpc) is 2.69. The number of nitrogens with one attached hydrogen (secondary N) is 1. The maximum atomic E-state index is 6.22. The third-order valence-electron chi connectivity index (χ3n) is 4.07. The second kappa shape index (κ2) is 8.54. The topological polar surface area (TPSA) is 56.3 Å². The number of hydrogen-bond donors (Lipinski definition) is 1. The molecule has 0 aliphatic rings. The van der Waals surface area contributed by atoms with E-state index in [2.05, 4.69) is 27.4 Å². The molecule has 3 rings (SSSR count). The molecule has 3 aromatic rings. The van der Waals surface area contributed by atoms with E-state index < -0.39 is 0 Å². The second-order valence-corrected chi connectivity index (χ2v) is 6.13. The van der Waals surface area contributed by atoms with Crippen LogP contribution in [-0.4, -0.2) is 24.2 Å². The number of aromatic nitrogens is 2. The Morgan fingerprint density at radius 3 is 2.50 bits per heavy atom. The minimum absolute atomic E-state index is 0.0123. The van der Waals surface area contributed by atoms with E-state index in [-0.39, 0.29) is 6.04 Å². The van der Waals surface area contributed by atoms with Gasteiger partial charge in [-0.15, -0.1) is 0 Å². The highest BCUT2D eigenvalue weighted by Gasteiger charge is 2.16. The van der Waals surface area contributed by atoms with Crippen LogP contribution in [0.25, 0.3) is 0 Å². The molecule has 0 aliphatic heterocycles. The first-order chi connectivity index (χ1) is 12.7. The van der Waals surface area contributed by atoms with Crippen LogP contribution in [0, 0.1) is 0 Å². The van der Waals surface area contributed by atoms with Crippen LogP contribution in [0.3, 0.4) is 0 Å². The van der Waals surface area contributed by atoms with E-state index in [1.807, 2.05) is 36.4 Å². The summed E-state index contributed by atoms with van der Waals surface area (Å²) in [7, 11) is 3.26. The van der Waals surface area contributed by atoms with Gasteiger partial charge in [0.15, 0.2) is 11.5 Å². The van der Waals surface area contributed by atoms with Gasteiger partial charge in [-0.2, -0.15) is 0 Å². The van der Waals surface area contributed by atoms with Gasteiger partial charge in [0.25, 0.3) is 0 Å². The number of ether oxygens (including phenoxy) is 2. The Kier molecular flexibility index (Phi) is 5.92. The normalized spacial score (nSPS) is 11.7. The number of rotatable bonds is 7. The van der Waals surface area contributed by atoms with E-state index in [0.717, 1.165) is 17.5 Å². The number of anilines is 1. The molecule has 134 valence electrons. The predicted molar refractivity (Wildman–Crippen MR) is 103 cm³/mol. The van der Waals surface area contributed by atoms with Gasteiger partial charge in [0, 0.05) is 0 Å². The molecular weight excluding hydrogens is 350 g/mol. The molecule has 1 heterocycles. The number of hydrogen-bond acceptors (Lipinski definition) is 5. The molecule has 26 heavy (non-hydrogen) atoms. The van der Waals surface area contributed by atoms with E-state index in [1.165, 1.54) is 6.33 Å². The zero-order valence-electron chi connectivity index (χ0n) is 14.6. The first kappa shape index (κ1) is 18.0. The molecule has 0 bridgehead atoms. The van der Waals surface area contributed by atoms with E-state index in [4.69, 9.17) is 21.1 Å². The summed E-state index contributed by atoms with van der Waals surface area (Å²) in [4.78, 5) is 8.18. The van der Waals surface area contributed by atoms with Gasteiger partial charge >= 0.3 is 0 Å². The minimum atomic E-state index is -0.0123. The fourth-order valence-corrected chi connectivity index (χ4v) is 2.92. The highest BCUT2D eigenvalue weighted by atomic mass is 35.5. The van der Waals surface area contributed by atoms with Crippen molar-refractivity contribution in [1.29, 1.82) is 0 Å². The summed E-state index contributed by atoms with van der Waals surface area (Å²) in [5.41, 5.74) is 2.24. The standard InChI is InChI=1S/C20H20ClN3O2/c1-25-18-9-8-14(11-19(18)26-2)10-17(15-6-4-3-5-7-15)24-20-16(21)12-22-13-23-20/h3-9,11-13,17H,10H2,1-2H3,(H,22,23,24). The molecule has 1 atom stereocenters. The molecule has 6 heteroatoms. The summed E-state index contributed by atoms with van der Waals surface area (Å²) in [6, 6.07) is 16.1. The van der Waals surface area contributed by atoms with Crippen molar-refractivity contribution in [1.82, 2.24) is 9.97 Å². The Morgan fingerprint density at radius 1 is 1.04 bits per heavy atom. The van der Waals surface area contributed by atoms with Crippen molar-refractivity contribution in [3.05, 3.63) is 77.2 Å². The van der Waals surface area contributed by atoms with Gasteiger partial charge in [-0.25, -0.2) is 9.97 Å². The highest BCUT2D eigenvalue weighted by Crippen LogP contribution is 2.31. The average molecular weight is 370 g/mol. The van der Waals surface area contributed by atoms with Crippen LogP contribution in [0.4, 0.5) is 5.82 Å². The summed E-state index contributed by atoms with van der Waals surface area (Å²) in [6.45, 7) is 0.